The van der Waals surface area contributed by atoms with Gasteiger partial charge in [-0.25, -0.2) is 0 Å². The fourth-order valence-electron chi connectivity index (χ4n) is 2.73. The lowest BCUT2D eigenvalue weighted by Gasteiger charge is -2.08. The van der Waals surface area contributed by atoms with E-state index in [0.717, 1.165) is 11.8 Å². The zero-order valence-corrected chi connectivity index (χ0v) is 18.1. The molecule has 0 aliphatic rings. The van der Waals surface area contributed by atoms with Crippen LogP contribution in [-0.2, 0) is 23.1 Å². The number of nitrogens with zero attached hydrogens (tertiary/aromatic N) is 3. The molecule has 1 heterocycles. The number of rotatable bonds is 9. The van der Waals surface area contributed by atoms with Crippen molar-refractivity contribution in [2.75, 3.05) is 23.5 Å². The van der Waals surface area contributed by atoms with Gasteiger partial charge in [0.15, 0.2) is 5.16 Å². The van der Waals surface area contributed by atoms with Crippen molar-refractivity contribution >= 4 is 40.9 Å². The predicted molar refractivity (Wildman–Crippen MR) is 116 cm³/mol. The summed E-state index contributed by atoms with van der Waals surface area (Å²) in [4.78, 5) is 35.4. The monoisotopic (exact) mass is 454 g/mol. The second-order valence-corrected chi connectivity index (χ2v) is 7.56. The Balaban J connectivity index is 1.54. The number of ether oxygens (including phenoxy) is 1. The van der Waals surface area contributed by atoms with E-state index in [1.54, 1.807) is 49.1 Å². The number of hydrogen-bond acceptors (Lipinski definition) is 8. The molecule has 0 unspecified atom stereocenters. The van der Waals surface area contributed by atoms with E-state index >= 15 is 0 Å². The molecule has 0 saturated heterocycles. The molecular weight excluding hydrogens is 434 g/mol. The van der Waals surface area contributed by atoms with Crippen LogP contribution in [0.3, 0.4) is 0 Å². The van der Waals surface area contributed by atoms with Crippen LogP contribution < -0.4 is 20.5 Å². The molecule has 0 atom stereocenters. The van der Waals surface area contributed by atoms with Gasteiger partial charge in [0.25, 0.3) is 0 Å². The first-order valence-corrected chi connectivity index (χ1v) is 10.4. The summed E-state index contributed by atoms with van der Waals surface area (Å²) in [6.07, 6.45) is 0.00345. The first-order valence-electron chi connectivity index (χ1n) is 9.42. The van der Waals surface area contributed by atoms with Crippen molar-refractivity contribution < 1.29 is 24.2 Å². The van der Waals surface area contributed by atoms with Gasteiger partial charge in [0.2, 0.25) is 11.8 Å². The Hall–Kier alpha value is -3.86. The summed E-state index contributed by atoms with van der Waals surface area (Å²) in [6, 6.07) is 12.8. The molecule has 0 radical (unpaired) electrons. The van der Waals surface area contributed by atoms with Crippen molar-refractivity contribution in [3.05, 3.63) is 59.9 Å². The van der Waals surface area contributed by atoms with Crippen molar-refractivity contribution in [2.45, 2.75) is 11.6 Å². The van der Waals surface area contributed by atoms with Crippen molar-refractivity contribution in [1.29, 1.82) is 0 Å². The maximum absolute atomic E-state index is 12.3. The molecule has 32 heavy (non-hydrogen) atoms. The maximum Gasteiger partial charge on any atom is 0.234 e. The molecule has 0 aliphatic heterocycles. The third kappa shape index (κ3) is 6.08. The highest BCUT2D eigenvalue weighted by Gasteiger charge is 2.15. The van der Waals surface area contributed by atoms with Gasteiger partial charge in [-0.1, -0.05) is 30.0 Å². The molecule has 2 amide bonds. The molecule has 0 fully saturated rings. The molecule has 0 bridgehead atoms. The second-order valence-electron chi connectivity index (χ2n) is 6.62. The number of anilines is 2. The van der Waals surface area contributed by atoms with Gasteiger partial charge in [-0.3, -0.25) is 9.59 Å². The van der Waals surface area contributed by atoms with Crippen LogP contribution >= 0.6 is 11.8 Å². The summed E-state index contributed by atoms with van der Waals surface area (Å²) in [5.41, 5.74) is 0.927. The van der Waals surface area contributed by atoms with Gasteiger partial charge in [0, 0.05) is 24.5 Å². The molecule has 3 aromatic rings. The van der Waals surface area contributed by atoms with Crippen LogP contribution in [0.2, 0.25) is 0 Å². The van der Waals surface area contributed by atoms with Crippen molar-refractivity contribution in [1.82, 2.24) is 14.8 Å². The lowest BCUT2D eigenvalue weighted by Crippen LogP contribution is -2.22. The number of amides is 2. The largest absolute Gasteiger partial charge is 0.545 e. The maximum atomic E-state index is 12.3. The Morgan fingerprint density at radius 1 is 1.03 bits per heavy atom. The van der Waals surface area contributed by atoms with Gasteiger partial charge >= 0.3 is 0 Å². The summed E-state index contributed by atoms with van der Waals surface area (Å²) in [5.74, 6) is -0.837. The van der Waals surface area contributed by atoms with Gasteiger partial charge in [-0.2, -0.15) is 0 Å². The first-order chi connectivity index (χ1) is 15.4. The van der Waals surface area contributed by atoms with E-state index in [4.69, 9.17) is 4.74 Å². The number of carbonyl (C=O) groups excluding carboxylic acids is 3. The van der Waals surface area contributed by atoms with Gasteiger partial charge in [-0.15, -0.1) is 10.2 Å². The smallest absolute Gasteiger partial charge is 0.234 e. The van der Waals surface area contributed by atoms with Crippen molar-refractivity contribution in [2.24, 2.45) is 7.05 Å². The van der Waals surface area contributed by atoms with Crippen LogP contribution in [0.4, 0.5) is 11.4 Å². The number of carboxylic acid groups (broad SMARTS) is 1. The molecule has 0 spiro atoms. The third-order valence-electron chi connectivity index (χ3n) is 4.31. The van der Waals surface area contributed by atoms with Crippen molar-refractivity contribution in [3.63, 3.8) is 0 Å². The van der Waals surface area contributed by atoms with E-state index in [1.165, 1.54) is 18.2 Å². The Bertz CT molecular complexity index is 1150. The van der Waals surface area contributed by atoms with E-state index in [2.05, 4.69) is 20.8 Å². The molecule has 0 saturated carbocycles. The van der Waals surface area contributed by atoms with Gasteiger partial charge in [-0.05, 0) is 29.8 Å². The minimum Gasteiger partial charge on any atom is -0.545 e. The number of aromatic nitrogens is 3. The van der Waals surface area contributed by atoms with Crippen LogP contribution in [0.1, 0.15) is 16.2 Å². The number of methoxy groups -OCH3 is 1. The fraction of sp³-hybridized carbons (Fsp3) is 0.190. The van der Waals surface area contributed by atoms with Crippen molar-refractivity contribution in [3.8, 4) is 5.75 Å². The Labute approximate surface area is 188 Å². The van der Waals surface area contributed by atoms with E-state index in [0.29, 0.717) is 28.1 Å². The van der Waals surface area contributed by atoms with E-state index in [1.807, 2.05) is 0 Å². The molecule has 166 valence electrons. The molecule has 1 aromatic heterocycles. The molecular formula is C21H20N5O5S-. The molecule has 0 aliphatic carbocycles. The van der Waals surface area contributed by atoms with Gasteiger partial charge < -0.3 is 29.8 Å². The average Bonchev–Trinajstić information content (AvgIpc) is 3.11. The number of carbonyl (C=O) groups is 3. The van der Waals surface area contributed by atoms with Crippen LogP contribution in [0.5, 0.6) is 5.75 Å². The normalized spacial score (nSPS) is 10.4. The van der Waals surface area contributed by atoms with Gasteiger partial charge in [0.05, 0.1) is 25.3 Å². The molecule has 11 heteroatoms. The standard InChI is InChI=1S/C21H21N5O5S/c1-26-17(11-18(27)22-15-7-4-8-16(10-15)31-2)24-25-21(26)32-12-19(28)23-14-6-3-5-13(9-14)20(29)30/h3-10H,11-12H2,1-2H3,(H,22,27)(H,23,28)(H,29,30)/p-1. The lowest BCUT2D eigenvalue weighted by molar-refractivity contribution is -0.255. The first kappa shape index (κ1) is 22.8. The minimum absolute atomic E-state index is 0.00345. The Morgan fingerprint density at radius 3 is 2.44 bits per heavy atom. The van der Waals surface area contributed by atoms with Crippen LogP contribution in [0, 0.1) is 0 Å². The quantitative estimate of drug-likeness (QED) is 0.459. The lowest BCUT2D eigenvalue weighted by atomic mass is 10.2. The topological polar surface area (TPSA) is 138 Å². The molecule has 3 rings (SSSR count). The number of aromatic carboxylic acids is 1. The zero-order chi connectivity index (χ0) is 23.1. The number of thioether (sulfide) groups is 1. The number of nitrogens with one attached hydrogen (secondary N) is 2. The van der Waals surface area contributed by atoms with E-state index < -0.39 is 5.97 Å². The van der Waals surface area contributed by atoms with E-state index in [9.17, 15) is 19.5 Å². The summed E-state index contributed by atoms with van der Waals surface area (Å²) >= 11 is 1.14. The number of benzene rings is 2. The highest BCUT2D eigenvalue weighted by Crippen LogP contribution is 2.19. The van der Waals surface area contributed by atoms with Gasteiger partial charge in [0.1, 0.15) is 11.6 Å². The summed E-state index contributed by atoms with van der Waals surface area (Å²) in [5, 5.41) is 24.8. The van der Waals surface area contributed by atoms with Crippen LogP contribution in [0.25, 0.3) is 0 Å². The molecule has 10 nitrogen and oxygen atoms in total. The fourth-order valence-corrected chi connectivity index (χ4v) is 3.46. The number of carboxylic acids is 1. The summed E-state index contributed by atoms with van der Waals surface area (Å²) in [6.45, 7) is 0. The Morgan fingerprint density at radius 2 is 1.72 bits per heavy atom. The highest BCUT2D eigenvalue weighted by atomic mass is 32.2. The highest BCUT2D eigenvalue weighted by molar-refractivity contribution is 7.99. The van der Waals surface area contributed by atoms with Crippen LogP contribution in [-0.4, -0.2) is 45.4 Å². The number of hydrogen-bond donors (Lipinski definition) is 2. The van der Waals surface area contributed by atoms with E-state index in [-0.39, 0.29) is 29.6 Å². The minimum atomic E-state index is -1.32. The summed E-state index contributed by atoms with van der Waals surface area (Å²) < 4.78 is 6.77. The molecule has 2 aromatic carbocycles. The molecule has 2 N–H and O–H groups in total. The average molecular weight is 454 g/mol. The zero-order valence-electron chi connectivity index (χ0n) is 17.3. The summed E-state index contributed by atoms with van der Waals surface area (Å²) in [7, 11) is 3.25. The Kier molecular flexibility index (Phi) is 7.45. The second kappa shape index (κ2) is 10.4. The van der Waals surface area contributed by atoms with Crippen LogP contribution in [0.15, 0.2) is 53.7 Å². The third-order valence-corrected chi connectivity index (χ3v) is 5.33. The SMILES string of the molecule is COc1cccc(NC(=O)Cc2nnc(SCC(=O)Nc3cccc(C(=O)[O-])c3)n2C)c1. The predicted octanol–water partition coefficient (Wildman–Crippen LogP) is 1.10.